The van der Waals surface area contributed by atoms with Gasteiger partial charge in [0.15, 0.2) is 0 Å². The molecule has 0 radical (unpaired) electrons. The third-order valence-corrected chi connectivity index (χ3v) is 12.0. The Morgan fingerprint density at radius 1 is 0.300 bits per heavy atom. The van der Waals surface area contributed by atoms with E-state index in [1.807, 2.05) is 83.8 Å². The first-order chi connectivity index (χ1) is 31.4. The Morgan fingerprint density at radius 2 is 0.817 bits per heavy atom. The van der Waals surface area contributed by atoms with E-state index in [0.717, 1.165) is 66.5 Å². The lowest BCUT2D eigenvalue weighted by Crippen LogP contribution is -2.28. The molecule has 1 aliphatic carbocycles. The van der Waals surface area contributed by atoms with E-state index in [4.69, 9.17) is 0 Å². The normalized spacial score (nSPS) is 13.4. The summed E-state index contributed by atoms with van der Waals surface area (Å²) < 4.78 is 38.9. The van der Waals surface area contributed by atoms with Gasteiger partial charge in [0, 0.05) is 17.1 Å². The molecule has 1 nitrogen and oxygen atoms in total. The summed E-state index contributed by atoms with van der Waals surface area (Å²) in [5.41, 5.74) is 12.6. The zero-order valence-electron chi connectivity index (χ0n) is 36.8. The van der Waals surface area contributed by atoms with Crippen LogP contribution in [0.2, 0.25) is 0 Å². The van der Waals surface area contributed by atoms with Crippen LogP contribution in [0.5, 0.6) is 0 Å². The highest BCUT2D eigenvalue weighted by Crippen LogP contribution is 2.57. The van der Waals surface area contributed by atoms with Gasteiger partial charge in [-0.25, -0.2) is 0 Å². The molecular weight excluding hydrogens is 723 g/mol. The Morgan fingerprint density at radius 3 is 1.53 bits per heavy atom. The van der Waals surface area contributed by atoms with Gasteiger partial charge < -0.3 is 4.90 Å². The molecule has 1 aliphatic rings. The van der Waals surface area contributed by atoms with Crippen LogP contribution in [0.3, 0.4) is 0 Å². The molecule has 0 fully saturated rings. The van der Waals surface area contributed by atoms with Crippen molar-refractivity contribution in [2.75, 3.05) is 4.90 Å². The summed E-state index contributed by atoms with van der Waals surface area (Å²) in [5.74, 6) is 0. The smallest absolute Gasteiger partial charge is 0.0714 e. The lowest BCUT2D eigenvalue weighted by atomic mass is 9.67. The molecule has 282 valence electrons. The summed E-state index contributed by atoms with van der Waals surface area (Å²) in [4.78, 5) is 1.91. The number of anilines is 3. The standard InChI is InChI=1S/C59H41N/c1-4-15-42(16-5-1)44-29-33-52(34-30-44)60(53-35-31-45(32-36-53)47-19-14-20-48(39-47)49-28-27-43-17-10-11-18-46(43)40-49)54-37-38-56-55-25-12-13-26-57(55)59(58(56)41-54,50-21-6-2-7-22-50)51-23-8-3-9-24-51/h1-41H/i31D,32D,35D,36D. The number of fused-ring (bicyclic) bond motifs is 4. The van der Waals surface area contributed by atoms with Crippen molar-refractivity contribution in [3.05, 3.63) is 271 Å². The second-order valence-corrected chi connectivity index (χ2v) is 15.4. The number of hydrogen-bond donors (Lipinski definition) is 0. The maximum absolute atomic E-state index is 9.81. The molecule has 0 aliphatic heterocycles. The van der Waals surface area contributed by atoms with Crippen LogP contribution in [-0.4, -0.2) is 0 Å². The van der Waals surface area contributed by atoms with E-state index in [1.54, 1.807) is 0 Å². The third-order valence-electron chi connectivity index (χ3n) is 12.0. The molecule has 0 aromatic heterocycles. The molecule has 10 aromatic rings. The SMILES string of the molecule is [2H]c1c([2H])c(N(c2ccc(-c3ccccc3)cc2)c2ccc3c(c2)C(c2ccccc2)(c2ccccc2)c2ccccc2-3)c([2H])c([2H])c1-c1cccc(-c2ccc3ccccc3c2)c1. The van der Waals surface area contributed by atoms with Crippen LogP contribution in [0.15, 0.2) is 249 Å². The topological polar surface area (TPSA) is 3.24 Å². The van der Waals surface area contributed by atoms with Crippen LogP contribution in [-0.2, 0) is 5.41 Å². The fourth-order valence-electron chi connectivity index (χ4n) is 9.20. The van der Waals surface area contributed by atoms with Crippen LogP contribution in [0, 0.1) is 0 Å². The first-order valence-corrected chi connectivity index (χ1v) is 20.4. The highest BCUT2D eigenvalue weighted by atomic mass is 15.1. The first-order valence-electron chi connectivity index (χ1n) is 22.4. The lowest BCUT2D eigenvalue weighted by molar-refractivity contribution is 0.768. The molecule has 1 heteroatoms. The fraction of sp³-hybridized carbons (Fsp3) is 0.0169. The second kappa shape index (κ2) is 14.9. The Balaban J connectivity index is 1.12. The molecule has 0 saturated heterocycles. The number of hydrogen-bond acceptors (Lipinski definition) is 1. The molecule has 0 amide bonds. The van der Waals surface area contributed by atoms with Crippen molar-refractivity contribution in [3.63, 3.8) is 0 Å². The number of nitrogens with zero attached hydrogens (tertiary/aromatic N) is 1. The molecule has 0 N–H and O–H groups in total. The van der Waals surface area contributed by atoms with E-state index < -0.39 is 5.41 Å². The van der Waals surface area contributed by atoms with E-state index >= 15 is 0 Å². The molecule has 0 saturated carbocycles. The van der Waals surface area contributed by atoms with E-state index in [-0.39, 0.29) is 35.4 Å². The quantitative estimate of drug-likeness (QED) is 0.149. The van der Waals surface area contributed by atoms with Crippen molar-refractivity contribution < 1.29 is 5.48 Å². The molecule has 0 bridgehead atoms. The number of rotatable bonds is 8. The summed E-state index contributed by atoms with van der Waals surface area (Å²) in [6.07, 6.45) is 0. The molecule has 60 heavy (non-hydrogen) atoms. The molecular formula is C59H41N. The highest BCUT2D eigenvalue weighted by Gasteiger charge is 2.46. The molecule has 0 unspecified atom stereocenters. The van der Waals surface area contributed by atoms with Crippen molar-refractivity contribution in [1.82, 2.24) is 0 Å². The molecule has 0 spiro atoms. The molecule has 11 rings (SSSR count). The monoisotopic (exact) mass is 767 g/mol. The van der Waals surface area contributed by atoms with Gasteiger partial charge in [-0.15, -0.1) is 0 Å². The van der Waals surface area contributed by atoms with E-state index in [0.29, 0.717) is 11.3 Å². The van der Waals surface area contributed by atoms with Crippen LogP contribution < -0.4 is 4.90 Å². The zero-order valence-corrected chi connectivity index (χ0v) is 32.8. The minimum atomic E-state index is -0.679. The van der Waals surface area contributed by atoms with Gasteiger partial charge >= 0.3 is 0 Å². The van der Waals surface area contributed by atoms with Gasteiger partial charge in [0.25, 0.3) is 0 Å². The lowest BCUT2D eigenvalue weighted by Gasteiger charge is -2.35. The Hall–Kier alpha value is -7.74. The zero-order chi connectivity index (χ0) is 43.4. The van der Waals surface area contributed by atoms with Crippen molar-refractivity contribution >= 4 is 27.8 Å². The van der Waals surface area contributed by atoms with Crippen LogP contribution >= 0.6 is 0 Å². The second-order valence-electron chi connectivity index (χ2n) is 15.4. The van der Waals surface area contributed by atoms with Crippen molar-refractivity contribution in [2.24, 2.45) is 0 Å². The Bertz CT molecular complexity index is 3300. The average Bonchev–Trinajstić information content (AvgIpc) is 3.66. The Kier molecular flexibility index (Phi) is 7.76. The average molecular weight is 768 g/mol. The van der Waals surface area contributed by atoms with Crippen molar-refractivity contribution in [1.29, 1.82) is 0 Å². The van der Waals surface area contributed by atoms with E-state index in [9.17, 15) is 5.48 Å². The maximum atomic E-state index is 9.81. The van der Waals surface area contributed by atoms with Gasteiger partial charge in [0.1, 0.15) is 0 Å². The van der Waals surface area contributed by atoms with Gasteiger partial charge in [-0.05, 0) is 126 Å². The van der Waals surface area contributed by atoms with Gasteiger partial charge in [-0.1, -0.05) is 200 Å². The summed E-state index contributed by atoms with van der Waals surface area (Å²) >= 11 is 0. The van der Waals surface area contributed by atoms with E-state index in [2.05, 4.69) is 146 Å². The van der Waals surface area contributed by atoms with Gasteiger partial charge in [-0.2, -0.15) is 0 Å². The molecule has 10 aromatic carbocycles. The highest BCUT2D eigenvalue weighted by molar-refractivity contribution is 5.91. The molecule has 0 atom stereocenters. The Labute approximate surface area is 357 Å². The summed E-state index contributed by atoms with van der Waals surface area (Å²) in [6, 6.07) is 76.5. The minimum absolute atomic E-state index is 0.103. The maximum Gasteiger partial charge on any atom is 0.0714 e. The summed E-state index contributed by atoms with van der Waals surface area (Å²) in [5, 5.41) is 2.27. The first kappa shape index (κ1) is 31.3. The van der Waals surface area contributed by atoms with Gasteiger partial charge in [0.05, 0.1) is 10.9 Å². The predicted molar refractivity (Wildman–Crippen MR) is 252 cm³/mol. The summed E-state index contributed by atoms with van der Waals surface area (Å²) in [6.45, 7) is 0. The summed E-state index contributed by atoms with van der Waals surface area (Å²) in [7, 11) is 0. The van der Waals surface area contributed by atoms with Gasteiger partial charge in [-0.3, -0.25) is 0 Å². The van der Waals surface area contributed by atoms with Crippen LogP contribution in [0.1, 0.15) is 27.7 Å². The van der Waals surface area contributed by atoms with Gasteiger partial charge in [0.2, 0.25) is 0 Å². The largest absolute Gasteiger partial charge is 0.310 e. The van der Waals surface area contributed by atoms with Crippen LogP contribution in [0.4, 0.5) is 17.1 Å². The molecule has 0 heterocycles. The number of benzene rings is 10. The van der Waals surface area contributed by atoms with Crippen molar-refractivity contribution in [2.45, 2.75) is 5.41 Å². The van der Waals surface area contributed by atoms with Crippen molar-refractivity contribution in [3.8, 4) is 44.5 Å². The van der Waals surface area contributed by atoms with Crippen LogP contribution in [0.25, 0.3) is 55.3 Å². The predicted octanol–water partition coefficient (Wildman–Crippen LogP) is 15.7. The third kappa shape index (κ3) is 6.03. The minimum Gasteiger partial charge on any atom is -0.310 e. The van der Waals surface area contributed by atoms with E-state index in [1.165, 1.54) is 5.56 Å². The fourth-order valence-corrected chi connectivity index (χ4v) is 9.20.